The van der Waals surface area contributed by atoms with Crippen molar-refractivity contribution in [3.63, 3.8) is 0 Å². The number of nitrogens with two attached hydrogens (primary N) is 1. The number of anilines is 1. The molecule has 2 aromatic heterocycles. The van der Waals surface area contributed by atoms with Gasteiger partial charge in [-0.05, 0) is 19.1 Å². The van der Waals surface area contributed by atoms with E-state index in [2.05, 4.69) is 11.6 Å². The molecule has 0 aliphatic carbocycles. The van der Waals surface area contributed by atoms with Crippen LogP contribution < -0.4 is 5.73 Å². The lowest BCUT2D eigenvalue weighted by Crippen LogP contribution is -1.94. The minimum Gasteiger partial charge on any atom is -0.383 e. The maximum atomic E-state index is 6.07. The summed E-state index contributed by atoms with van der Waals surface area (Å²) in [5, 5.41) is 0. The summed E-state index contributed by atoms with van der Waals surface area (Å²) in [6.07, 6.45) is 9.51. The van der Waals surface area contributed by atoms with E-state index in [0.29, 0.717) is 5.82 Å². The van der Waals surface area contributed by atoms with Crippen molar-refractivity contribution >= 4 is 17.0 Å². The van der Waals surface area contributed by atoms with Crippen LogP contribution in [0, 0.1) is 0 Å². The van der Waals surface area contributed by atoms with E-state index in [4.69, 9.17) is 5.73 Å². The van der Waals surface area contributed by atoms with E-state index in [-0.39, 0.29) is 0 Å². The Kier molecular flexibility index (Phi) is 3.10. The van der Waals surface area contributed by atoms with Crippen molar-refractivity contribution in [3.8, 4) is 0 Å². The maximum Gasteiger partial charge on any atom is 0.139 e. The molecule has 0 aromatic carbocycles. The fraction of sp³-hybridized carbons (Fsp3) is 0.0714. The zero-order valence-electron chi connectivity index (χ0n) is 9.80. The number of nitrogens with zero attached hydrogens (tertiary/aromatic N) is 2. The molecule has 3 nitrogen and oxygen atoms in total. The molecular weight excluding hydrogens is 210 g/mol. The monoisotopic (exact) mass is 225 g/mol. The van der Waals surface area contributed by atoms with Crippen molar-refractivity contribution in [1.29, 1.82) is 0 Å². The summed E-state index contributed by atoms with van der Waals surface area (Å²) in [6.45, 7) is 5.76. The fourth-order valence-corrected chi connectivity index (χ4v) is 1.67. The molecule has 0 unspecified atom stereocenters. The first-order valence-corrected chi connectivity index (χ1v) is 5.46. The van der Waals surface area contributed by atoms with Crippen LogP contribution in [0.4, 0.5) is 5.82 Å². The first-order valence-electron chi connectivity index (χ1n) is 5.46. The van der Waals surface area contributed by atoms with Gasteiger partial charge in [-0.3, -0.25) is 4.40 Å². The Labute approximate surface area is 101 Å². The first-order chi connectivity index (χ1) is 8.27. The third-order valence-corrected chi connectivity index (χ3v) is 2.53. The Bertz CT molecular complexity index is 603. The summed E-state index contributed by atoms with van der Waals surface area (Å²) >= 11 is 0. The summed E-state index contributed by atoms with van der Waals surface area (Å²) in [6, 6.07) is 5.79. The van der Waals surface area contributed by atoms with Gasteiger partial charge >= 0.3 is 0 Å². The number of hydrogen-bond donors (Lipinski definition) is 1. The lowest BCUT2D eigenvalue weighted by Gasteiger charge is -1.98. The van der Waals surface area contributed by atoms with Gasteiger partial charge in [-0.1, -0.05) is 36.9 Å². The van der Waals surface area contributed by atoms with Crippen LogP contribution in [-0.2, 0) is 0 Å². The second kappa shape index (κ2) is 4.70. The zero-order valence-corrected chi connectivity index (χ0v) is 9.80. The molecule has 2 aromatic rings. The van der Waals surface area contributed by atoms with Crippen LogP contribution in [0.2, 0.25) is 0 Å². The molecule has 0 saturated heterocycles. The van der Waals surface area contributed by atoms with E-state index in [1.807, 2.05) is 53.9 Å². The van der Waals surface area contributed by atoms with Gasteiger partial charge < -0.3 is 5.73 Å². The molecule has 0 aliphatic rings. The van der Waals surface area contributed by atoms with E-state index in [0.717, 1.165) is 16.9 Å². The van der Waals surface area contributed by atoms with Gasteiger partial charge in [0.05, 0.1) is 0 Å². The second-order valence-electron chi connectivity index (χ2n) is 3.63. The third-order valence-electron chi connectivity index (χ3n) is 2.53. The SMILES string of the molecule is C=C/C(=C\C=C/C)c1nc2ccccn2c1N. The topological polar surface area (TPSA) is 43.3 Å². The number of pyridine rings is 1. The highest BCUT2D eigenvalue weighted by Gasteiger charge is 2.10. The molecule has 0 saturated carbocycles. The van der Waals surface area contributed by atoms with Crippen molar-refractivity contribution in [2.45, 2.75) is 6.92 Å². The predicted molar refractivity (Wildman–Crippen MR) is 72.6 cm³/mol. The molecular formula is C14H15N3. The Balaban J connectivity index is 2.62. The first kappa shape index (κ1) is 11.2. The number of allylic oxidation sites excluding steroid dienone is 5. The molecule has 0 radical (unpaired) electrons. The van der Waals surface area contributed by atoms with Crippen molar-refractivity contribution in [3.05, 3.63) is 61.0 Å². The molecule has 0 bridgehead atoms. The van der Waals surface area contributed by atoms with Crippen LogP contribution in [0.25, 0.3) is 11.2 Å². The van der Waals surface area contributed by atoms with Crippen molar-refractivity contribution in [2.24, 2.45) is 0 Å². The fourth-order valence-electron chi connectivity index (χ4n) is 1.67. The zero-order chi connectivity index (χ0) is 12.3. The number of hydrogen-bond acceptors (Lipinski definition) is 2. The van der Waals surface area contributed by atoms with Gasteiger partial charge in [0.15, 0.2) is 0 Å². The van der Waals surface area contributed by atoms with Crippen LogP contribution >= 0.6 is 0 Å². The van der Waals surface area contributed by atoms with Crippen LogP contribution in [0.5, 0.6) is 0 Å². The molecule has 3 heteroatoms. The lowest BCUT2D eigenvalue weighted by atomic mass is 10.1. The molecule has 0 atom stereocenters. The highest BCUT2D eigenvalue weighted by atomic mass is 15.1. The van der Waals surface area contributed by atoms with Crippen molar-refractivity contribution < 1.29 is 0 Å². The van der Waals surface area contributed by atoms with Crippen LogP contribution in [-0.4, -0.2) is 9.38 Å². The molecule has 2 rings (SSSR count). The van der Waals surface area contributed by atoms with E-state index in [1.54, 1.807) is 6.08 Å². The van der Waals surface area contributed by atoms with E-state index >= 15 is 0 Å². The number of nitrogen functional groups attached to an aromatic ring is 1. The Morgan fingerprint density at radius 1 is 1.47 bits per heavy atom. The summed E-state index contributed by atoms with van der Waals surface area (Å²) < 4.78 is 1.86. The summed E-state index contributed by atoms with van der Waals surface area (Å²) in [5.74, 6) is 0.635. The average Bonchev–Trinajstić information content (AvgIpc) is 2.69. The van der Waals surface area contributed by atoms with Crippen molar-refractivity contribution in [2.75, 3.05) is 5.73 Å². The molecule has 0 fully saturated rings. The third kappa shape index (κ3) is 1.99. The quantitative estimate of drug-likeness (QED) is 0.816. The smallest absolute Gasteiger partial charge is 0.139 e. The molecule has 0 spiro atoms. The van der Waals surface area contributed by atoms with Crippen molar-refractivity contribution in [1.82, 2.24) is 9.38 Å². The highest BCUT2D eigenvalue weighted by molar-refractivity contribution is 5.80. The minimum atomic E-state index is 0.635. The van der Waals surface area contributed by atoms with E-state index < -0.39 is 0 Å². The summed E-state index contributed by atoms with van der Waals surface area (Å²) in [7, 11) is 0. The normalized spacial score (nSPS) is 12.4. The van der Waals surface area contributed by atoms with Gasteiger partial charge in [0, 0.05) is 11.8 Å². The van der Waals surface area contributed by atoms with Gasteiger partial charge in [0.2, 0.25) is 0 Å². The minimum absolute atomic E-state index is 0.635. The Hall–Kier alpha value is -2.29. The molecule has 2 N–H and O–H groups in total. The lowest BCUT2D eigenvalue weighted by molar-refractivity contribution is 1.20. The van der Waals surface area contributed by atoms with Gasteiger partial charge in [0.25, 0.3) is 0 Å². The van der Waals surface area contributed by atoms with E-state index in [9.17, 15) is 0 Å². The standard InChI is InChI=1S/C14H15N3/c1-3-5-8-11(4-2)13-14(15)17-10-7-6-9-12(17)16-13/h3-10H,2,15H2,1H3/b5-3-,11-8+. The average molecular weight is 225 g/mol. The predicted octanol–water partition coefficient (Wildman–Crippen LogP) is 3.06. The molecule has 2 heterocycles. The largest absolute Gasteiger partial charge is 0.383 e. The second-order valence-corrected chi connectivity index (χ2v) is 3.63. The molecule has 86 valence electrons. The van der Waals surface area contributed by atoms with Gasteiger partial charge in [-0.25, -0.2) is 4.98 Å². The van der Waals surface area contributed by atoms with Crippen LogP contribution in [0.1, 0.15) is 12.6 Å². The number of rotatable bonds is 3. The Morgan fingerprint density at radius 3 is 2.94 bits per heavy atom. The van der Waals surface area contributed by atoms with Gasteiger partial charge in [0.1, 0.15) is 17.2 Å². The summed E-state index contributed by atoms with van der Waals surface area (Å²) in [4.78, 5) is 4.50. The highest BCUT2D eigenvalue weighted by Crippen LogP contribution is 2.23. The van der Waals surface area contributed by atoms with Gasteiger partial charge in [-0.15, -0.1) is 0 Å². The maximum absolute atomic E-state index is 6.07. The number of fused-ring (bicyclic) bond motifs is 1. The molecule has 0 amide bonds. The van der Waals surface area contributed by atoms with Gasteiger partial charge in [-0.2, -0.15) is 0 Å². The van der Waals surface area contributed by atoms with Crippen LogP contribution in [0.15, 0.2) is 55.3 Å². The molecule has 0 aliphatic heterocycles. The van der Waals surface area contributed by atoms with Crippen LogP contribution in [0.3, 0.4) is 0 Å². The number of imidazole rings is 1. The van der Waals surface area contributed by atoms with E-state index in [1.165, 1.54) is 0 Å². The number of aromatic nitrogens is 2. The molecule has 17 heavy (non-hydrogen) atoms. The Morgan fingerprint density at radius 2 is 2.29 bits per heavy atom. The summed E-state index contributed by atoms with van der Waals surface area (Å²) in [5.41, 5.74) is 8.60.